The van der Waals surface area contributed by atoms with Gasteiger partial charge in [-0.3, -0.25) is 9.48 Å². The van der Waals surface area contributed by atoms with Crippen molar-refractivity contribution in [2.75, 3.05) is 6.26 Å². The lowest BCUT2D eigenvalue weighted by Gasteiger charge is -2.60. The van der Waals surface area contributed by atoms with Crippen LogP contribution in [0.5, 0.6) is 0 Å². The van der Waals surface area contributed by atoms with Crippen molar-refractivity contribution in [2.24, 2.45) is 22.2 Å². The molecule has 184 valence electrons. The number of nitrogens with zero attached hydrogens (tertiary/aromatic N) is 4. The van der Waals surface area contributed by atoms with Gasteiger partial charge in [0.25, 0.3) is 5.91 Å². The summed E-state index contributed by atoms with van der Waals surface area (Å²) in [5.74, 6) is -0.383. The quantitative estimate of drug-likeness (QED) is 0.607. The number of halogens is 3. The van der Waals surface area contributed by atoms with E-state index in [1.807, 2.05) is 6.92 Å². The molecule has 4 atom stereocenters. The van der Waals surface area contributed by atoms with E-state index in [4.69, 9.17) is 4.78 Å². The van der Waals surface area contributed by atoms with Crippen LogP contribution >= 0.6 is 0 Å². The summed E-state index contributed by atoms with van der Waals surface area (Å²) < 4.78 is 64.1. The number of aromatic nitrogens is 3. The van der Waals surface area contributed by atoms with E-state index in [2.05, 4.69) is 10.1 Å². The Bertz CT molecular complexity index is 1360. The first-order valence-electron chi connectivity index (χ1n) is 11.2. The first-order chi connectivity index (χ1) is 15.8. The van der Waals surface area contributed by atoms with Crippen molar-refractivity contribution in [2.45, 2.75) is 62.7 Å². The lowest BCUT2D eigenvalue weighted by Crippen LogP contribution is -2.54. The van der Waals surface area contributed by atoms with Gasteiger partial charge in [0.2, 0.25) is 0 Å². The molecule has 0 aromatic carbocycles. The zero-order valence-corrected chi connectivity index (χ0v) is 19.6. The normalized spacial score (nSPS) is 28.6. The number of nitrogens with one attached hydrogen (secondary N) is 1. The molecule has 12 heteroatoms. The van der Waals surface area contributed by atoms with Crippen LogP contribution in [-0.2, 0) is 22.5 Å². The average molecular weight is 498 g/mol. The van der Waals surface area contributed by atoms with E-state index in [9.17, 15) is 27.4 Å². The molecular weight excluding hydrogens is 471 g/mol. The van der Waals surface area contributed by atoms with Gasteiger partial charge >= 0.3 is 6.18 Å². The SMILES string of the molecule is CC1(Cn2nc(C3CC3)c(C(F)(F)F)c2C(=O)N=c2ccn(O)c(S(C)(=N)=O)c2)CC2CCC21. The van der Waals surface area contributed by atoms with Crippen molar-refractivity contribution < 1.29 is 27.4 Å². The first-order valence-corrected chi connectivity index (χ1v) is 13.2. The Labute approximate surface area is 194 Å². The molecular formula is C22H26F3N5O3S. The fourth-order valence-electron chi connectivity index (χ4n) is 5.57. The Hall–Kier alpha value is -2.63. The molecule has 0 saturated heterocycles. The Balaban J connectivity index is 1.62. The summed E-state index contributed by atoms with van der Waals surface area (Å²) in [5, 5.41) is 13.7. The summed E-state index contributed by atoms with van der Waals surface area (Å²) >= 11 is 0. The standard InChI is InChI=1S/C22H26F3N5O3S/c1-21(10-13-5-6-15(13)21)11-29-19(17(22(23,24)25)18(28-29)12-3-4-12)20(31)27-14-7-8-30(32)16(9-14)34(2,26)33/h7-9,12-13,15,26,32H,3-6,10-11H2,1-2H3. The second kappa shape index (κ2) is 7.43. The molecule has 3 aliphatic carbocycles. The Morgan fingerprint density at radius 3 is 2.56 bits per heavy atom. The number of amides is 1. The number of hydrogen-bond acceptors (Lipinski definition) is 5. The number of alkyl halides is 3. The van der Waals surface area contributed by atoms with Crippen LogP contribution in [0, 0.1) is 22.0 Å². The van der Waals surface area contributed by atoms with Crippen LogP contribution in [0.1, 0.15) is 66.7 Å². The zero-order chi connectivity index (χ0) is 24.6. The lowest BCUT2D eigenvalue weighted by atomic mass is 9.45. The third kappa shape index (κ3) is 3.85. The molecule has 0 bridgehead atoms. The maximum Gasteiger partial charge on any atom is 0.420 e. The van der Waals surface area contributed by atoms with Gasteiger partial charge < -0.3 is 5.21 Å². The molecule has 34 heavy (non-hydrogen) atoms. The second-order valence-electron chi connectivity index (χ2n) is 10.2. The van der Waals surface area contributed by atoms with Gasteiger partial charge in [-0.05, 0) is 55.4 Å². The smallest absolute Gasteiger partial charge is 0.420 e. The van der Waals surface area contributed by atoms with Gasteiger partial charge in [0, 0.05) is 31.0 Å². The minimum absolute atomic E-state index is 0.0937. The zero-order valence-electron chi connectivity index (χ0n) is 18.8. The molecule has 3 saturated carbocycles. The van der Waals surface area contributed by atoms with Crippen LogP contribution in [0.25, 0.3) is 0 Å². The minimum Gasteiger partial charge on any atom is -0.428 e. The third-order valence-corrected chi connectivity index (χ3v) is 8.60. The van der Waals surface area contributed by atoms with Crippen molar-refractivity contribution >= 4 is 15.6 Å². The largest absolute Gasteiger partial charge is 0.428 e. The van der Waals surface area contributed by atoms with Gasteiger partial charge in [0.1, 0.15) is 11.3 Å². The van der Waals surface area contributed by atoms with Crippen LogP contribution in [-0.4, -0.2) is 36.1 Å². The summed E-state index contributed by atoms with van der Waals surface area (Å²) in [6.45, 7) is 2.26. The fourth-order valence-corrected chi connectivity index (χ4v) is 6.33. The van der Waals surface area contributed by atoms with E-state index >= 15 is 0 Å². The van der Waals surface area contributed by atoms with Crippen molar-refractivity contribution in [3.8, 4) is 0 Å². The van der Waals surface area contributed by atoms with Gasteiger partial charge in [-0.2, -0.15) is 23.0 Å². The predicted octanol–water partition coefficient (Wildman–Crippen LogP) is 4.03. The minimum atomic E-state index is -4.77. The highest BCUT2D eigenvalue weighted by Gasteiger charge is 2.56. The van der Waals surface area contributed by atoms with Crippen LogP contribution in [0.4, 0.5) is 13.2 Å². The molecule has 5 rings (SSSR count). The van der Waals surface area contributed by atoms with E-state index in [0.29, 0.717) is 29.4 Å². The van der Waals surface area contributed by atoms with Crippen molar-refractivity contribution in [1.82, 2.24) is 14.5 Å². The molecule has 2 aromatic heterocycles. The predicted molar refractivity (Wildman–Crippen MR) is 115 cm³/mol. The molecule has 0 radical (unpaired) electrons. The summed E-state index contributed by atoms with van der Waals surface area (Å²) in [4.78, 5) is 17.1. The van der Waals surface area contributed by atoms with E-state index < -0.39 is 33.1 Å². The lowest BCUT2D eigenvalue weighted by molar-refractivity contribution is -0.139. The van der Waals surface area contributed by atoms with Gasteiger partial charge in [0.05, 0.1) is 20.8 Å². The van der Waals surface area contributed by atoms with E-state index in [0.717, 1.165) is 37.8 Å². The molecule has 3 aliphatic rings. The summed E-state index contributed by atoms with van der Waals surface area (Å²) in [5.41, 5.74) is -1.91. The van der Waals surface area contributed by atoms with Gasteiger partial charge in [-0.15, -0.1) is 0 Å². The maximum atomic E-state index is 14.2. The van der Waals surface area contributed by atoms with E-state index in [-0.39, 0.29) is 34.0 Å². The Morgan fingerprint density at radius 1 is 1.35 bits per heavy atom. The van der Waals surface area contributed by atoms with Crippen molar-refractivity contribution in [3.05, 3.63) is 40.6 Å². The fraction of sp³-hybridized carbons (Fsp3) is 0.591. The summed E-state index contributed by atoms with van der Waals surface area (Å²) in [6.07, 6.45) is 1.61. The van der Waals surface area contributed by atoms with Crippen LogP contribution < -0.4 is 5.36 Å². The monoisotopic (exact) mass is 497 g/mol. The van der Waals surface area contributed by atoms with Crippen LogP contribution in [0.2, 0.25) is 0 Å². The van der Waals surface area contributed by atoms with Gasteiger partial charge in [-0.1, -0.05) is 6.92 Å². The van der Waals surface area contributed by atoms with E-state index in [1.54, 1.807) is 0 Å². The molecule has 2 heterocycles. The molecule has 0 aliphatic heterocycles. The molecule has 2 aromatic rings. The third-order valence-electron chi connectivity index (χ3n) is 7.50. The summed E-state index contributed by atoms with van der Waals surface area (Å²) in [7, 11) is -3.38. The molecule has 2 N–H and O–H groups in total. The topological polar surface area (TPSA) is 113 Å². The van der Waals surface area contributed by atoms with Gasteiger partial charge in [-0.25, -0.2) is 14.0 Å². The highest BCUT2D eigenvalue weighted by Crippen LogP contribution is 2.62. The second-order valence-corrected chi connectivity index (χ2v) is 12.3. The van der Waals surface area contributed by atoms with Gasteiger partial charge in [0.15, 0.2) is 5.03 Å². The maximum absolute atomic E-state index is 14.2. The number of pyridine rings is 1. The highest BCUT2D eigenvalue weighted by molar-refractivity contribution is 7.91. The molecule has 4 unspecified atom stereocenters. The Kier molecular flexibility index (Phi) is 5.06. The number of carbonyl (C=O) groups excluding carboxylic acids is 1. The highest BCUT2D eigenvalue weighted by atomic mass is 32.2. The average Bonchev–Trinajstić information content (AvgIpc) is 3.46. The number of fused-ring (bicyclic) bond motifs is 1. The van der Waals surface area contributed by atoms with Crippen LogP contribution in [0.3, 0.4) is 0 Å². The first kappa shape index (κ1) is 23.1. The van der Waals surface area contributed by atoms with Crippen molar-refractivity contribution in [3.63, 3.8) is 0 Å². The molecule has 1 amide bonds. The summed E-state index contributed by atoms with van der Waals surface area (Å²) in [6, 6.07) is 2.27. The molecule has 8 nitrogen and oxygen atoms in total. The number of rotatable bonds is 5. The molecule has 3 fully saturated rings. The number of hydrogen-bond donors (Lipinski definition) is 2. The Morgan fingerprint density at radius 2 is 2.06 bits per heavy atom. The van der Waals surface area contributed by atoms with E-state index in [1.165, 1.54) is 10.7 Å². The van der Waals surface area contributed by atoms with Crippen molar-refractivity contribution in [1.29, 1.82) is 4.78 Å². The molecule has 0 spiro atoms. The van der Waals surface area contributed by atoms with Crippen LogP contribution in [0.15, 0.2) is 28.3 Å². The number of carbonyl (C=O) groups is 1.